The number of furan rings is 1. The molecular weight excluding hydrogens is 484 g/mol. The normalized spacial score (nSPS) is 23.7. The summed E-state index contributed by atoms with van der Waals surface area (Å²) < 4.78 is 17.4. The maximum absolute atomic E-state index is 13.5. The first-order valence-electron chi connectivity index (χ1n) is 11.5. The van der Waals surface area contributed by atoms with E-state index in [9.17, 15) is 20.3 Å². The summed E-state index contributed by atoms with van der Waals surface area (Å²) in [7, 11) is 0. The molecule has 1 aliphatic carbocycles. The monoisotopic (exact) mass is 510 g/mol. The number of carbonyl (C=O) groups excluding carboxylic acids is 1. The van der Waals surface area contributed by atoms with Crippen LogP contribution in [0.5, 0.6) is 0 Å². The van der Waals surface area contributed by atoms with Crippen LogP contribution in [0, 0.1) is 11.3 Å². The summed E-state index contributed by atoms with van der Waals surface area (Å²) in [4.78, 5) is 13.5. The fraction of sp³-hybridized carbons (Fsp3) is 0.333. The van der Waals surface area contributed by atoms with E-state index >= 15 is 0 Å². The lowest BCUT2D eigenvalue weighted by molar-refractivity contribution is -0.200. The van der Waals surface area contributed by atoms with Gasteiger partial charge in [-0.2, -0.15) is 5.26 Å². The molecule has 2 aromatic carbocycles. The van der Waals surface area contributed by atoms with Crippen molar-refractivity contribution in [1.82, 2.24) is 5.32 Å². The molecule has 4 rings (SSSR count). The Morgan fingerprint density at radius 2 is 1.97 bits per heavy atom. The average molecular weight is 511 g/mol. The number of nitrogens with one attached hydrogen (secondary N) is 1. The fourth-order valence-electron chi connectivity index (χ4n) is 4.30. The molecule has 1 unspecified atom stereocenters. The molecular formula is C27H27ClN2O6. The van der Waals surface area contributed by atoms with Crippen LogP contribution in [0.4, 0.5) is 0 Å². The maximum atomic E-state index is 13.5. The maximum Gasteiger partial charge on any atom is 0.252 e. The van der Waals surface area contributed by atoms with Crippen molar-refractivity contribution in [2.75, 3.05) is 0 Å². The van der Waals surface area contributed by atoms with E-state index in [1.165, 1.54) is 6.26 Å². The van der Waals surface area contributed by atoms with E-state index < -0.39 is 29.8 Å². The van der Waals surface area contributed by atoms with Crippen molar-refractivity contribution in [2.24, 2.45) is 0 Å². The van der Waals surface area contributed by atoms with Crippen molar-refractivity contribution in [1.29, 1.82) is 5.26 Å². The number of hydrogen-bond donors (Lipinski definition) is 3. The molecule has 0 aliphatic heterocycles. The first-order chi connectivity index (χ1) is 17.4. The van der Waals surface area contributed by atoms with Crippen molar-refractivity contribution < 1.29 is 28.9 Å². The Balaban J connectivity index is 1.55. The number of rotatable bonds is 9. The van der Waals surface area contributed by atoms with Gasteiger partial charge in [0.05, 0.1) is 49.9 Å². The minimum Gasteiger partial charge on any atom is -0.467 e. The summed E-state index contributed by atoms with van der Waals surface area (Å²) in [6.45, 7) is 0.214. The second kappa shape index (κ2) is 11.7. The Hall–Kier alpha value is -3.19. The van der Waals surface area contributed by atoms with Crippen LogP contribution in [-0.4, -0.2) is 40.0 Å². The third kappa shape index (κ3) is 6.13. The van der Waals surface area contributed by atoms with Gasteiger partial charge in [0.1, 0.15) is 11.9 Å². The Morgan fingerprint density at radius 1 is 1.14 bits per heavy atom. The van der Waals surface area contributed by atoms with Gasteiger partial charge < -0.3 is 29.4 Å². The fourth-order valence-corrected chi connectivity index (χ4v) is 4.52. The number of aliphatic hydroxyl groups is 2. The van der Waals surface area contributed by atoms with Crippen LogP contribution >= 0.6 is 11.6 Å². The van der Waals surface area contributed by atoms with Crippen LogP contribution in [0.25, 0.3) is 0 Å². The topological polar surface area (TPSA) is 125 Å². The standard InChI is InChI=1S/C27H27ClN2O6/c28-21-8-3-5-18(11-21)16-36-27(26(33)30-15-22-9-4-10-34-22)12-23(31)25(32)24(13-27)35-17-20-7-2-1-6-19(20)14-29/h1-11,23-25,31-32H,12-13,15-17H2,(H,30,33)/t23-,24?,25-,27+/m1/s1. The van der Waals surface area contributed by atoms with Crippen molar-refractivity contribution >= 4 is 17.5 Å². The molecule has 3 aromatic rings. The van der Waals surface area contributed by atoms with Gasteiger partial charge in [0.15, 0.2) is 5.60 Å². The van der Waals surface area contributed by atoms with Crippen molar-refractivity contribution in [2.45, 2.75) is 56.5 Å². The lowest BCUT2D eigenvalue weighted by atomic mass is 9.78. The largest absolute Gasteiger partial charge is 0.467 e. The van der Waals surface area contributed by atoms with E-state index in [0.717, 1.165) is 5.56 Å². The number of aliphatic hydroxyl groups excluding tert-OH is 2. The average Bonchev–Trinajstić information content (AvgIpc) is 3.41. The first-order valence-corrected chi connectivity index (χ1v) is 11.9. The zero-order valence-corrected chi connectivity index (χ0v) is 20.2. The highest BCUT2D eigenvalue weighted by molar-refractivity contribution is 6.30. The highest BCUT2D eigenvalue weighted by Gasteiger charge is 2.51. The van der Waals surface area contributed by atoms with Gasteiger partial charge in [-0.05, 0) is 41.5 Å². The van der Waals surface area contributed by atoms with Crippen LogP contribution in [0.2, 0.25) is 5.02 Å². The summed E-state index contributed by atoms with van der Waals surface area (Å²) in [5.41, 5.74) is 0.345. The molecule has 36 heavy (non-hydrogen) atoms. The molecule has 0 radical (unpaired) electrons. The zero-order chi connectivity index (χ0) is 25.5. The van der Waals surface area contributed by atoms with Gasteiger partial charge in [0, 0.05) is 17.9 Å². The molecule has 1 aliphatic rings. The second-order valence-electron chi connectivity index (χ2n) is 8.76. The molecule has 1 amide bonds. The molecule has 9 heteroatoms. The number of hydrogen-bond acceptors (Lipinski definition) is 7. The van der Waals surface area contributed by atoms with Gasteiger partial charge in [-0.1, -0.05) is 41.9 Å². The molecule has 8 nitrogen and oxygen atoms in total. The van der Waals surface area contributed by atoms with Gasteiger partial charge in [-0.15, -0.1) is 0 Å². The van der Waals surface area contributed by atoms with Gasteiger partial charge >= 0.3 is 0 Å². The molecule has 0 spiro atoms. The molecule has 0 saturated heterocycles. The van der Waals surface area contributed by atoms with Crippen LogP contribution in [-0.2, 0) is 34.0 Å². The number of ether oxygens (including phenoxy) is 2. The van der Waals surface area contributed by atoms with Crippen molar-refractivity contribution in [3.05, 3.63) is 94.4 Å². The SMILES string of the molecule is N#Cc1ccccc1COC1C[C@](OCc2cccc(Cl)c2)(C(=O)NCc2ccco2)C[C@@H](O)[C@H]1O. The van der Waals surface area contributed by atoms with E-state index in [2.05, 4.69) is 11.4 Å². The molecule has 4 atom stereocenters. The minimum absolute atomic E-state index is 0.00942. The molecule has 1 fully saturated rings. The quantitative estimate of drug-likeness (QED) is 0.402. The Morgan fingerprint density at radius 3 is 2.72 bits per heavy atom. The predicted octanol–water partition coefficient (Wildman–Crippen LogP) is 3.48. The molecule has 1 aromatic heterocycles. The molecule has 3 N–H and O–H groups in total. The van der Waals surface area contributed by atoms with Gasteiger partial charge in [0.25, 0.3) is 5.91 Å². The molecule has 1 heterocycles. The van der Waals surface area contributed by atoms with E-state index in [1.807, 2.05) is 6.07 Å². The number of nitrogens with zero attached hydrogens (tertiary/aromatic N) is 1. The molecule has 0 bridgehead atoms. The smallest absolute Gasteiger partial charge is 0.252 e. The minimum atomic E-state index is -1.49. The van der Waals surface area contributed by atoms with Gasteiger partial charge in [-0.3, -0.25) is 4.79 Å². The number of amides is 1. The van der Waals surface area contributed by atoms with Crippen LogP contribution in [0.15, 0.2) is 71.3 Å². The van der Waals surface area contributed by atoms with Crippen LogP contribution in [0.3, 0.4) is 0 Å². The van der Waals surface area contributed by atoms with E-state index in [4.69, 9.17) is 25.5 Å². The van der Waals surface area contributed by atoms with Crippen molar-refractivity contribution in [3.8, 4) is 6.07 Å². The van der Waals surface area contributed by atoms with Gasteiger partial charge in [0.2, 0.25) is 0 Å². The first kappa shape index (κ1) is 25.9. The number of benzene rings is 2. The highest BCUT2D eigenvalue weighted by atomic mass is 35.5. The molecule has 188 valence electrons. The highest BCUT2D eigenvalue weighted by Crippen LogP contribution is 2.36. The Bertz CT molecular complexity index is 1210. The van der Waals surface area contributed by atoms with E-state index in [1.54, 1.807) is 54.6 Å². The third-order valence-corrected chi connectivity index (χ3v) is 6.49. The van der Waals surface area contributed by atoms with Crippen LogP contribution < -0.4 is 5.32 Å². The summed E-state index contributed by atoms with van der Waals surface area (Å²) in [5, 5.41) is 34.1. The lowest BCUT2D eigenvalue weighted by Gasteiger charge is -2.43. The summed E-state index contributed by atoms with van der Waals surface area (Å²) in [6, 6.07) is 19.6. The molecule has 1 saturated carbocycles. The van der Waals surface area contributed by atoms with E-state index in [-0.39, 0.29) is 32.6 Å². The zero-order valence-electron chi connectivity index (χ0n) is 19.5. The third-order valence-electron chi connectivity index (χ3n) is 6.26. The second-order valence-corrected chi connectivity index (χ2v) is 9.20. The lowest BCUT2D eigenvalue weighted by Crippen LogP contribution is -2.60. The Kier molecular flexibility index (Phi) is 8.41. The number of nitriles is 1. The van der Waals surface area contributed by atoms with Crippen molar-refractivity contribution in [3.63, 3.8) is 0 Å². The van der Waals surface area contributed by atoms with Crippen LogP contribution in [0.1, 0.15) is 35.3 Å². The summed E-state index contributed by atoms with van der Waals surface area (Å²) in [5.74, 6) is 0.101. The summed E-state index contributed by atoms with van der Waals surface area (Å²) in [6.07, 6.45) is -2.06. The number of carbonyl (C=O) groups is 1. The summed E-state index contributed by atoms with van der Waals surface area (Å²) >= 11 is 6.10. The number of halogens is 1. The Labute approximate surface area is 214 Å². The van der Waals surface area contributed by atoms with Gasteiger partial charge in [-0.25, -0.2) is 0 Å². The van der Waals surface area contributed by atoms with E-state index in [0.29, 0.717) is 21.9 Å². The predicted molar refractivity (Wildman–Crippen MR) is 131 cm³/mol.